The minimum atomic E-state index is 0.917. The van der Waals surface area contributed by atoms with E-state index < -0.39 is 0 Å². The molecule has 0 aromatic carbocycles. The van der Waals surface area contributed by atoms with E-state index in [-0.39, 0.29) is 0 Å². The first-order chi connectivity index (χ1) is 4.83. The first-order valence-electron chi connectivity index (χ1n) is 4.14. The van der Waals surface area contributed by atoms with Gasteiger partial charge < -0.3 is 0 Å². The molecule has 0 rings (SSSR count). The Bertz CT molecular complexity index is 29.8. The van der Waals surface area contributed by atoms with Crippen LogP contribution in [0.25, 0.3) is 0 Å². The standard InChI is InChI=1S/C5H12.C2H5B3/c1-3-5-4-2;1-4-2-5-3/h3-5H2,1-2H3;2H2,1H3. The fourth-order valence-corrected chi connectivity index (χ4v) is 0.490. The summed E-state index contributed by atoms with van der Waals surface area (Å²) in [6.45, 7) is 6.40. The molecule has 0 spiro atoms. The SMILES string of the molecule is CCCCC.[B][B]C[B]C. The summed E-state index contributed by atoms with van der Waals surface area (Å²) in [6.07, 6.45) is 4.99. The first kappa shape index (κ1) is 12.8. The summed E-state index contributed by atoms with van der Waals surface area (Å²) in [7, 11) is 8.61. The minimum absolute atomic E-state index is 0.917. The topological polar surface area (TPSA) is 0 Å². The highest BCUT2D eigenvalue weighted by molar-refractivity contribution is 6.93. The molecular formula is C7H17B3. The predicted octanol–water partition coefficient (Wildman–Crippen LogP) is 2.10. The van der Waals surface area contributed by atoms with Crippen molar-refractivity contribution in [3.05, 3.63) is 0 Å². The van der Waals surface area contributed by atoms with Crippen molar-refractivity contribution < 1.29 is 0 Å². The zero-order valence-electron chi connectivity index (χ0n) is 7.56. The molecule has 0 saturated heterocycles. The molecule has 0 atom stereocenters. The fraction of sp³-hybridized carbons (Fsp3) is 1.00. The van der Waals surface area contributed by atoms with Gasteiger partial charge in [0.05, 0.1) is 7.28 Å². The summed E-state index contributed by atoms with van der Waals surface area (Å²) < 4.78 is 0. The highest BCUT2D eigenvalue weighted by atomic mass is 13.7. The monoisotopic (exact) mass is 134 g/mol. The van der Waals surface area contributed by atoms with Crippen LogP contribution in [0.15, 0.2) is 0 Å². The Morgan fingerprint density at radius 3 is 1.70 bits per heavy atom. The molecule has 0 bridgehead atoms. The van der Waals surface area contributed by atoms with Crippen LogP contribution in [0, 0.1) is 0 Å². The number of unbranched alkanes of at least 4 members (excludes halogenated alkanes) is 2. The molecule has 54 valence electrons. The second-order valence-corrected chi connectivity index (χ2v) is 2.23. The lowest BCUT2D eigenvalue weighted by molar-refractivity contribution is 0.772. The number of rotatable bonds is 4. The minimum Gasteiger partial charge on any atom is -0.115 e. The van der Waals surface area contributed by atoms with Gasteiger partial charge in [0.25, 0.3) is 0 Å². The molecule has 0 nitrogen and oxygen atoms in total. The highest BCUT2D eigenvalue weighted by Gasteiger charge is 1.73. The van der Waals surface area contributed by atoms with Gasteiger partial charge >= 0.3 is 0 Å². The molecule has 0 heterocycles. The van der Waals surface area contributed by atoms with Gasteiger partial charge in [-0.25, -0.2) is 0 Å². The van der Waals surface area contributed by atoms with Gasteiger partial charge in [0.15, 0.2) is 0 Å². The van der Waals surface area contributed by atoms with Crippen LogP contribution in [-0.4, -0.2) is 22.2 Å². The second-order valence-electron chi connectivity index (χ2n) is 2.23. The Morgan fingerprint density at radius 1 is 1.20 bits per heavy atom. The van der Waals surface area contributed by atoms with Crippen LogP contribution in [0.4, 0.5) is 0 Å². The molecule has 0 aliphatic heterocycles. The van der Waals surface area contributed by atoms with Crippen LogP contribution in [-0.2, 0) is 0 Å². The average Bonchev–Trinajstić information content (AvgIpc) is 1.93. The maximum atomic E-state index is 4.98. The van der Waals surface area contributed by atoms with Crippen molar-refractivity contribution in [3.8, 4) is 0 Å². The zero-order valence-corrected chi connectivity index (χ0v) is 7.56. The third kappa shape index (κ3) is 24.1. The number of hydrogen-bond acceptors (Lipinski definition) is 0. The summed E-state index contributed by atoms with van der Waals surface area (Å²) in [4.78, 5) is 0. The van der Waals surface area contributed by atoms with Crippen LogP contribution in [0.3, 0.4) is 0 Å². The lowest BCUT2D eigenvalue weighted by atomic mass is 9.44. The Balaban J connectivity index is 0. The summed E-state index contributed by atoms with van der Waals surface area (Å²) >= 11 is 0. The van der Waals surface area contributed by atoms with E-state index in [1.54, 1.807) is 7.17 Å². The molecule has 0 amide bonds. The summed E-state index contributed by atoms with van der Waals surface area (Å²) in [6, 6.07) is 0. The molecule has 0 aliphatic rings. The quantitative estimate of drug-likeness (QED) is 0.516. The van der Waals surface area contributed by atoms with Crippen molar-refractivity contribution in [2.24, 2.45) is 0 Å². The van der Waals surface area contributed by atoms with Crippen molar-refractivity contribution in [1.29, 1.82) is 0 Å². The first-order valence-corrected chi connectivity index (χ1v) is 4.14. The van der Waals surface area contributed by atoms with E-state index in [0.29, 0.717) is 0 Å². The van der Waals surface area contributed by atoms with E-state index in [1.807, 2.05) is 14.1 Å². The van der Waals surface area contributed by atoms with Gasteiger partial charge in [-0.2, -0.15) is 0 Å². The van der Waals surface area contributed by atoms with E-state index in [0.717, 1.165) is 6.22 Å². The van der Waals surface area contributed by atoms with Crippen molar-refractivity contribution in [2.45, 2.75) is 46.2 Å². The molecule has 0 fully saturated rings. The van der Waals surface area contributed by atoms with Crippen molar-refractivity contribution >= 4 is 22.2 Å². The maximum absolute atomic E-state index is 4.98. The van der Waals surface area contributed by atoms with Gasteiger partial charge in [0.1, 0.15) is 0 Å². The summed E-state index contributed by atoms with van der Waals surface area (Å²) in [5.74, 6) is 0. The molecule has 0 saturated carbocycles. The summed E-state index contributed by atoms with van der Waals surface area (Å²) in [5.41, 5.74) is 0. The van der Waals surface area contributed by atoms with Gasteiger partial charge in [0, 0.05) is 14.9 Å². The van der Waals surface area contributed by atoms with E-state index >= 15 is 0 Å². The molecule has 0 aromatic rings. The normalized spacial score (nSPS) is 7.50. The van der Waals surface area contributed by atoms with E-state index in [9.17, 15) is 0 Å². The van der Waals surface area contributed by atoms with Crippen molar-refractivity contribution in [3.63, 3.8) is 0 Å². The van der Waals surface area contributed by atoms with E-state index in [1.165, 1.54) is 19.3 Å². The Kier molecular flexibility index (Phi) is 20.7. The van der Waals surface area contributed by atoms with Crippen LogP contribution in [0.1, 0.15) is 33.1 Å². The lowest BCUT2D eigenvalue weighted by Gasteiger charge is -1.79. The molecule has 10 heavy (non-hydrogen) atoms. The van der Waals surface area contributed by atoms with Crippen LogP contribution in [0.5, 0.6) is 0 Å². The van der Waals surface area contributed by atoms with E-state index in [2.05, 4.69) is 13.8 Å². The molecule has 3 heteroatoms. The molecular weight excluding hydrogens is 117 g/mol. The summed E-state index contributed by atoms with van der Waals surface area (Å²) in [5, 5.41) is 0. The Hall–Kier alpha value is 0.195. The van der Waals surface area contributed by atoms with Crippen LogP contribution < -0.4 is 0 Å². The van der Waals surface area contributed by atoms with Gasteiger partial charge in [0.2, 0.25) is 0 Å². The molecule has 0 aliphatic carbocycles. The molecule has 0 N–H and O–H groups in total. The van der Waals surface area contributed by atoms with Gasteiger partial charge in [-0.05, 0) is 0 Å². The molecule has 4 radical (unpaired) electrons. The zero-order chi connectivity index (χ0) is 8.24. The van der Waals surface area contributed by atoms with Gasteiger partial charge in [-0.3, -0.25) is 0 Å². The van der Waals surface area contributed by atoms with Crippen molar-refractivity contribution in [2.75, 3.05) is 0 Å². The average molecular weight is 134 g/mol. The Labute approximate surface area is 69.0 Å². The smallest absolute Gasteiger partial charge is 0.0958 e. The van der Waals surface area contributed by atoms with Crippen LogP contribution >= 0.6 is 0 Å². The highest BCUT2D eigenvalue weighted by Crippen LogP contribution is 1.88. The third-order valence-electron chi connectivity index (χ3n) is 1.08. The van der Waals surface area contributed by atoms with Gasteiger partial charge in [-0.15, -0.1) is 6.22 Å². The molecule has 0 unspecified atom stereocenters. The fourth-order valence-electron chi connectivity index (χ4n) is 0.490. The third-order valence-corrected chi connectivity index (χ3v) is 1.08. The second kappa shape index (κ2) is 16.1. The lowest BCUT2D eigenvalue weighted by Crippen LogP contribution is -1.90. The van der Waals surface area contributed by atoms with E-state index in [4.69, 9.17) is 7.74 Å². The Morgan fingerprint density at radius 2 is 1.70 bits per heavy atom. The predicted molar refractivity (Wildman–Crippen MR) is 53.1 cm³/mol. The number of hydrogen-bond donors (Lipinski definition) is 0. The largest absolute Gasteiger partial charge is 0.115 e. The van der Waals surface area contributed by atoms with Crippen LogP contribution in [0.2, 0.25) is 13.0 Å². The van der Waals surface area contributed by atoms with Gasteiger partial charge in [-0.1, -0.05) is 39.9 Å². The molecule has 0 aromatic heterocycles. The van der Waals surface area contributed by atoms with Crippen molar-refractivity contribution in [1.82, 2.24) is 0 Å². The maximum Gasteiger partial charge on any atom is 0.0958 e.